The van der Waals surface area contributed by atoms with Crippen molar-refractivity contribution in [1.29, 1.82) is 5.26 Å². The van der Waals surface area contributed by atoms with Crippen LogP contribution in [0, 0.1) is 18.3 Å². The van der Waals surface area contributed by atoms with Gasteiger partial charge >= 0.3 is 0 Å². The molecule has 33 heavy (non-hydrogen) atoms. The predicted octanol–water partition coefficient (Wildman–Crippen LogP) is 2.82. The van der Waals surface area contributed by atoms with Gasteiger partial charge in [-0.05, 0) is 32.4 Å². The first-order valence-electron chi connectivity index (χ1n) is 10.4. The van der Waals surface area contributed by atoms with Gasteiger partial charge in [-0.15, -0.1) is 0 Å². The van der Waals surface area contributed by atoms with E-state index in [9.17, 15) is 4.79 Å². The summed E-state index contributed by atoms with van der Waals surface area (Å²) < 4.78 is 1.78. The normalized spacial score (nSPS) is 10.5. The number of aromatic nitrogens is 6. The molecule has 0 saturated heterocycles. The Morgan fingerprint density at radius 1 is 1.09 bits per heavy atom. The molecule has 0 atom stereocenters. The number of hydrogen-bond acceptors (Lipinski definition) is 9. The topological polar surface area (TPSA) is 162 Å². The number of aryl methyl sites for hydroxylation is 2. The van der Waals surface area contributed by atoms with Gasteiger partial charge < -0.3 is 11.5 Å². The maximum Gasteiger partial charge on any atom is 0.262 e. The van der Waals surface area contributed by atoms with Gasteiger partial charge in [0.05, 0.1) is 17.1 Å². The van der Waals surface area contributed by atoms with Gasteiger partial charge in [-0.2, -0.15) is 10.2 Å². The molecular formula is C23H25N9O. The molecule has 0 aliphatic carbocycles. The Bertz CT molecular complexity index is 1390. The third kappa shape index (κ3) is 4.93. The second-order valence-corrected chi connectivity index (χ2v) is 7.51. The summed E-state index contributed by atoms with van der Waals surface area (Å²) in [6.45, 7) is 7.87. The van der Waals surface area contributed by atoms with Gasteiger partial charge in [0.25, 0.3) is 5.56 Å². The number of anilines is 2. The molecule has 168 valence electrons. The molecule has 10 heteroatoms. The molecule has 4 N–H and O–H groups in total. The zero-order valence-corrected chi connectivity index (χ0v) is 18.9. The molecule has 10 nitrogen and oxygen atoms in total. The lowest BCUT2D eigenvalue weighted by atomic mass is 10.0. The number of benzene rings is 1. The summed E-state index contributed by atoms with van der Waals surface area (Å²) in [6.07, 6.45) is 5.52. The van der Waals surface area contributed by atoms with Crippen molar-refractivity contribution >= 4 is 22.7 Å². The number of nitriles is 1. The first-order valence-corrected chi connectivity index (χ1v) is 10.4. The van der Waals surface area contributed by atoms with Gasteiger partial charge in [0.2, 0.25) is 5.95 Å². The maximum atomic E-state index is 13.1. The van der Waals surface area contributed by atoms with Crippen LogP contribution >= 0.6 is 0 Å². The van der Waals surface area contributed by atoms with Crippen molar-refractivity contribution in [3.63, 3.8) is 0 Å². The van der Waals surface area contributed by atoms with Crippen LogP contribution in [0.5, 0.6) is 0 Å². The Hall–Kier alpha value is -4.39. The summed E-state index contributed by atoms with van der Waals surface area (Å²) in [5.41, 5.74) is 13.1. The van der Waals surface area contributed by atoms with E-state index < -0.39 is 0 Å². The third-order valence-electron chi connectivity index (χ3n) is 4.88. The van der Waals surface area contributed by atoms with Crippen molar-refractivity contribution in [1.82, 2.24) is 29.5 Å². The van der Waals surface area contributed by atoms with Gasteiger partial charge in [0.15, 0.2) is 0 Å². The highest BCUT2D eigenvalue weighted by Gasteiger charge is 2.16. The summed E-state index contributed by atoms with van der Waals surface area (Å²) in [5, 5.41) is 8.99. The summed E-state index contributed by atoms with van der Waals surface area (Å²) in [5.74, 6) is 1.72. The minimum atomic E-state index is -0.00183. The van der Waals surface area contributed by atoms with E-state index in [1.54, 1.807) is 17.0 Å². The standard InChI is InChI=1S/C18H20N4O.C5H5N5/c1-5-16-21-15-8-6-7-14(13-9-19-12(4)20-10-13)17(15)18(23)22(16)11(2)3;6-1-3-2-9-5(8)10-4(3)7/h6-11H,5H2,1-4H3;2H,(H4,7,8,9,10). The van der Waals surface area contributed by atoms with Crippen LogP contribution in [0.25, 0.3) is 22.0 Å². The van der Waals surface area contributed by atoms with E-state index >= 15 is 0 Å². The highest BCUT2D eigenvalue weighted by Crippen LogP contribution is 2.25. The number of nitrogen functional groups attached to an aromatic ring is 2. The molecule has 3 aromatic heterocycles. The average molecular weight is 444 g/mol. The smallest absolute Gasteiger partial charge is 0.262 e. The van der Waals surface area contributed by atoms with Crippen LogP contribution in [-0.4, -0.2) is 29.5 Å². The Morgan fingerprint density at radius 2 is 1.79 bits per heavy atom. The fraction of sp³-hybridized carbons (Fsp3) is 0.261. The molecule has 0 aliphatic rings. The fourth-order valence-electron chi connectivity index (χ4n) is 3.34. The highest BCUT2D eigenvalue weighted by atomic mass is 16.1. The summed E-state index contributed by atoms with van der Waals surface area (Å²) in [7, 11) is 0. The van der Waals surface area contributed by atoms with E-state index in [2.05, 4.69) is 19.9 Å². The maximum absolute atomic E-state index is 13.1. The third-order valence-corrected chi connectivity index (χ3v) is 4.88. The van der Waals surface area contributed by atoms with E-state index in [0.717, 1.165) is 28.9 Å². The number of nitrogens with zero attached hydrogens (tertiary/aromatic N) is 7. The van der Waals surface area contributed by atoms with Crippen LogP contribution in [0.2, 0.25) is 0 Å². The number of hydrogen-bond donors (Lipinski definition) is 2. The van der Waals surface area contributed by atoms with E-state index in [-0.39, 0.29) is 28.9 Å². The molecule has 1 aromatic carbocycles. The first-order chi connectivity index (χ1) is 15.8. The molecule has 0 amide bonds. The Balaban J connectivity index is 0.000000257. The quantitative estimate of drug-likeness (QED) is 0.484. The van der Waals surface area contributed by atoms with Crippen molar-refractivity contribution in [2.24, 2.45) is 0 Å². The average Bonchev–Trinajstić information content (AvgIpc) is 2.79. The summed E-state index contributed by atoms with van der Waals surface area (Å²) in [4.78, 5) is 33.4. The van der Waals surface area contributed by atoms with Crippen molar-refractivity contribution in [3.05, 3.63) is 64.4 Å². The van der Waals surface area contributed by atoms with E-state index in [1.807, 2.05) is 52.0 Å². The molecule has 0 radical (unpaired) electrons. The van der Waals surface area contributed by atoms with Crippen LogP contribution in [0.15, 0.2) is 41.6 Å². The lowest BCUT2D eigenvalue weighted by molar-refractivity contribution is 0.544. The van der Waals surface area contributed by atoms with Gasteiger partial charge in [-0.1, -0.05) is 19.1 Å². The molecule has 0 unspecified atom stereocenters. The number of nitrogens with two attached hydrogens (primary N) is 2. The fourth-order valence-corrected chi connectivity index (χ4v) is 3.34. The lowest BCUT2D eigenvalue weighted by Crippen LogP contribution is -2.27. The molecule has 0 bridgehead atoms. The predicted molar refractivity (Wildman–Crippen MR) is 127 cm³/mol. The summed E-state index contributed by atoms with van der Waals surface area (Å²) in [6, 6.07) is 7.62. The van der Waals surface area contributed by atoms with Gasteiger partial charge in [-0.25, -0.2) is 19.9 Å². The SMILES string of the molecule is CCc1nc2cccc(-c3cnc(C)nc3)c2c(=O)n1C(C)C.N#Cc1cnc(N)nc1N. The van der Waals surface area contributed by atoms with Gasteiger partial charge in [0.1, 0.15) is 29.1 Å². The van der Waals surface area contributed by atoms with Crippen LogP contribution < -0.4 is 17.0 Å². The molecule has 3 heterocycles. The zero-order valence-electron chi connectivity index (χ0n) is 18.9. The summed E-state index contributed by atoms with van der Waals surface area (Å²) >= 11 is 0. The van der Waals surface area contributed by atoms with Crippen LogP contribution in [0.4, 0.5) is 11.8 Å². The molecular weight excluding hydrogens is 418 g/mol. The lowest BCUT2D eigenvalue weighted by Gasteiger charge is -2.17. The Morgan fingerprint density at radius 3 is 2.36 bits per heavy atom. The van der Waals surface area contributed by atoms with Crippen LogP contribution in [0.1, 0.15) is 44.0 Å². The van der Waals surface area contributed by atoms with E-state index in [0.29, 0.717) is 11.2 Å². The second kappa shape index (κ2) is 9.82. The first kappa shape index (κ1) is 23.3. The molecule has 4 aromatic rings. The molecule has 0 spiro atoms. The van der Waals surface area contributed by atoms with Crippen molar-refractivity contribution < 1.29 is 0 Å². The molecule has 4 rings (SSSR count). The number of rotatable bonds is 3. The molecule has 0 saturated carbocycles. The molecule has 0 aliphatic heterocycles. The minimum Gasteiger partial charge on any atom is -0.382 e. The molecule has 0 fully saturated rings. The van der Waals surface area contributed by atoms with Crippen LogP contribution in [-0.2, 0) is 6.42 Å². The van der Waals surface area contributed by atoms with E-state index in [4.69, 9.17) is 21.7 Å². The van der Waals surface area contributed by atoms with Gasteiger partial charge in [-0.3, -0.25) is 9.36 Å². The highest BCUT2D eigenvalue weighted by molar-refractivity contribution is 5.93. The minimum absolute atomic E-state index is 0.00183. The van der Waals surface area contributed by atoms with Crippen molar-refractivity contribution in [2.75, 3.05) is 11.5 Å². The monoisotopic (exact) mass is 443 g/mol. The van der Waals surface area contributed by atoms with Crippen LogP contribution in [0.3, 0.4) is 0 Å². The number of fused-ring (bicyclic) bond motifs is 1. The Labute approximate surface area is 191 Å². The largest absolute Gasteiger partial charge is 0.382 e. The van der Waals surface area contributed by atoms with Crippen molar-refractivity contribution in [2.45, 2.75) is 40.2 Å². The van der Waals surface area contributed by atoms with E-state index in [1.165, 1.54) is 6.20 Å². The van der Waals surface area contributed by atoms with Gasteiger partial charge in [0, 0.05) is 30.4 Å². The second-order valence-electron chi connectivity index (χ2n) is 7.51. The zero-order chi connectivity index (χ0) is 24.1. The Kier molecular flexibility index (Phi) is 6.93. The van der Waals surface area contributed by atoms with Crippen molar-refractivity contribution in [3.8, 4) is 17.2 Å².